The lowest BCUT2D eigenvalue weighted by molar-refractivity contribution is -0.147. The number of hydrogen-bond donors (Lipinski definition) is 0. The molecule has 0 bridgehead atoms. The lowest BCUT2D eigenvalue weighted by atomic mass is 10.2. The van der Waals surface area contributed by atoms with E-state index in [4.69, 9.17) is 16.3 Å². The van der Waals surface area contributed by atoms with Crippen LogP contribution in [0.4, 0.5) is 13.2 Å². The summed E-state index contributed by atoms with van der Waals surface area (Å²) in [6, 6.07) is 8.63. The molecule has 8 heteroatoms. The molecule has 4 nitrogen and oxygen atoms in total. The first kappa shape index (κ1) is 16.6. The summed E-state index contributed by atoms with van der Waals surface area (Å²) in [5, 5.41) is 0.233. The molecule has 0 spiro atoms. The Morgan fingerprint density at radius 3 is 2.58 bits per heavy atom. The van der Waals surface area contributed by atoms with Crippen LogP contribution in [0.2, 0.25) is 5.02 Å². The van der Waals surface area contributed by atoms with Gasteiger partial charge in [0.2, 0.25) is 5.82 Å². The Bertz CT molecular complexity index is 859. The Hall–Kier alpha value is -2.28. The molecule has 0 unspecified atom stereocenters. The first-order valence-electron chi connectivity index (χ1n) is 7.13. The van der Waals surface area contributed by atoms with Gasteiger partial charge >= 0.3 is 6.18 Å². The maximum atomic E-state index is 13.2. The third-order valence-electron chi connectivity index (χ3n) is 3.41. The molecule has 24 heavy (non-hydrogen) atoms. The topological polar surface area (TPSA) is 39.9 Å². The van der Waals surface area contributed by atoms with E-state index >= 15 is 0 Å². The number of pyridine rings is 1. The standard InChI is InChI=1S/C16H13ClF3N3O/c1-10-2-4-12(5-3-10)24-7-6-23-14-13(8-11(17)9-21-14)22-15(23)16(18,19)20/h2-5,8-9H,6-7H2,1H3. The number of alkyl halides is 3. The molecule has 1 aromatic carbocycles. The molecule has 0 aliphatic rings. The fourth-order valence-corrected chi connectivity index (χ4v) is 2.46. The number of halogens is 4. The number of imidazole rings is 1. The minimum Gasteiger partial charge on any atom is -0.492 e. The molecule has 0 amide bonds. The highest BCUT2D eigenvalue weighted by Crippen LogP contribution is 2.31. The van der Waals surface area contributed by atoms with Gasteiger partial charge in [0.1, 0.15) is 17.9 Å². The van der Waals surface area contributed by atoms with Crippen LogP contribution in [0.15, 0.2) is 36.5 Å². The third-order valence-corrected chi connectivity index (χ3v) is 3.62. The molecule has 3 aromatic rings. The monoisotopic (exact) mass is 355 g/mol. The van der Waals surface area contributed by atoms with E-state index in [2.05, 4.69) is 9.97 Å². The van der Waals surface area contributed by atoms with Gasteiger partial charge in [0.15, 0.2) is 5.65 Å². The summed E-state index contributed by atoms with van der Waals surface area (Å²) in [5.41, 5.74) is 1.30. The summed E-state index contributed by atoms with van der Waals surface area (Å²) in [7, 11) is 0. The quantitative estimate of drug-likeness (QED) is 0.692. The van der Waals surface area contributed by atoms with Gasteiger partial charge in [-0.15, -0.1) is 0 Å². The van der Waals surface area contributed by atoms with Gasteiger partial charge in [-0.3, -0.25) is 0 Å². The van der Waals surface area contributed by atoms with Crippen molar-refractivity contribution in [1.29, 1.82) is 0 Å². The second kappa shape index (κ2) is 6.32. The van der Waals surface area contributed by atoms with E-state index in [0.29, 0.717) is 5.75 Å². The molecule has 0 aliphatic heterocycles. The zero-order chi connectivity index (χ0) is 17.3. The normalized spacial score (nSPS) is 11.9. The molecule has 0 radical (unpaired) electrons. The summed E-state index contributed by atoms with van der Waals surface area (Å²) >= 11 is 5.77. The van der Waals surface area contributed by atoms with E-state index in [1.54, 1.807) is 12.1 Å². The van der Waals surface area contributed by atoms with Crippen LogP contribution >= 0.6 is 11.6 Å². The van der Waals surface area contributed by atoms with Crippen molar-refractivity contribution < 1.29 is 17.9 Å². The van der Waals surface area contributed by atoms with Crippen LogP contribution in [-0.2, 0) is 12.7 Å². The SMILES string of the molecule is Cc1ccc(OCCn2c(C(F)(F)F)nc3cc(Cl)cnc32)cc1. The largest absolute Gasteiger partial charge is 0.492 e. The third kappa shape index (κ3) is 3.46. The molecule has 3 rings (SSSR count). The maximum absolute atomic E-state index is 13.2. The number of rotatable bonds is 4. The summed E-state index contributed by atoms with van der Waals surface area (Å²) in [5.74, 6) is -0.422. The number of fused-ring (bicyclic) bond motifs is 1. The second-order valence-corrected chi connectivity index (χ2v) is 5.68. The van der Waals surface area contributed by atoms with Gasteiger partial charge in [-0.1, -0.05) is 29.3 Å². The highest BCUT2D eigenvalue weighted by atomic mass is 35.5. The Labute approximate surface area is 140 Å². The van der Waals surface area contributed by atoms with Gasteiger partial charge < -0.3 is 9.30 Å². The molecule has 0 fully saturated rings. The number of nitrogens with zero attached hydrogens (tertiary/aromatic N) is 3. The minimum atomic E-state index is -4.59. The maximum Gasteiger partial charge on any atom is 0.449 e. The lowest BCUT2D eigenvalue weighted by Gasteiger charge is -2.12. The molecule has 2 aromatic heterocycles. The fraction of sp³-hybridized carbons (Fsp3) is 0.250. The summed E-state index contributed by atoms with van der Waals surface area (Å²) < 4.78 is 46.1. The second-order valence-electron chi connectivity index (χ2n) is 5.24. The first-order valence-corrected chi connectivity index (χ1v) is 7.51. The van der Waals surface area contributed by atoms with Gasteiger partial charge in [0, 0.05) is 6.20 Å². The molecule has 0 aliphatic carbocycles. The zero-order valence-electron chi connectivity index (χ0n) is 12.6. The average Bonchev–Trinajstić information content (AvgIpc) is 2.87. The predicted molar refractivity (Wildman–Crippen MR) is 84.2 cm³/mol. The van der Waals surface area contributed by atoms with E-state index < -0.39 is 12.0 Å². The number of ether oxygens (including phenoxy) is 1. The smallest absolute Gasteiger partial charge is 0.449 e. The van der Waals surface area contributed by atoms with E-state index in [-0.39, 0.29) is 29.3 Å². The van der Waals surface area contributed by atoms with Gasteiger partial charge in [0.25, 0.3) is 0 Å². The number of hydrogen-bond acceptors (Lipinski definition) is 3. The molecule has 0 N–H and O–H groups in total. The van der Waals surface area contributed by atoms with Crippen molar-refractivity contribution in [3.8, 4) is 5.75 Å². The van der Waals surface area contributed by atoms with Crippen LogP contribution in [0.25, 0.3) is 11.2 Å². The van der Waals surface area contributed by atoms with E-state index in [1.807, 2.05) is 19.1 Å². The molecule has 0 saturated carbocycles. The zero-order valence-corrected chi connectivity index (χ0v) is 13.4. The Balaban J connectivity index is 1.85. The van der Waals surface area contributed by atoms with Gasteiger partial charge in [-0.2, -0.15) is 13.2 Å². The first-order chi connectivity index (χ1) is 11.3. The summed E-state index contributed by atoms with van der Waals surface area (Å²) in [4.78, 5) is 7.58. The summed E-state index contributed by atoms with van der Waals surface area (Å²) in [6.45, 7) is 1.96. The molecule has 0 saturated heterocycles. The fourth-order valence-electron chi connectivity index (χ4n) is 2.30. The average molecular weight is 356 g/mol. The lowest BCUT2D eigenvalue weighted by Crippen LogP contribution is -2.18. The van der Waals surface area contributed by atoms with Crippen molar-refractivity contribution in [2.45, 2.75) is 19.6 Å². The van der Waals surface area contributed by atoms with Crippen LogP contribution in [0, 0.1) is 6.92 Å². The minimum absolute atomic E-state index is 0.0339. The molecule has 126 valence electrons. The van der Waals surface area contributed by atoms with Crippen molar-refractivity contribution in [3.63, 3.8) is 0 Å². The summed E-state index contributed by atoms with van der Waals surface area (Å²) in [6.07, 6.45) is -3.29. The number of aryl methyl sites for hydroxylation is 1. The number of benzene rings is 1. The Kier molecular flexibility index (Phi) is 4.36. The van der Waals surface area contributed by atoms with Crippen molar-refractivity contribution in [1.82, 2.24) is 14.5 Å². The Morgan fingerprint density at radius 2 is 1.92 bits per heavy atom. The van der Waals surface area contributed by atoms with Crippen molar-refractivity contribution >= 4 is 22.8 Å². The molecule has 2 heterocycles. The predicted octanol–water partition coefficient (Wildman–Crippen LogP) is 4.49. The molecule has 0 atom stereocenters. The van der Waals surface area contributed by atoms with Gasteiger partial charge in [0.05, 0.1) is 11.6 Å². The van der Waals surface area contributed by atoms with Crippen LogP contribution in [0.1, 0.15) is 11.4 Å². The van der Waals surface area contributed by atoms with Crippen molar-refractivity contribution in [3.05, 3.63) is 52.9 Å². The highest BCUT2D eigenvalue weighted by Gasteiger charge is 2.37. The molecular weight excluding hydrogens is 343 g/mol. The van der Waals surface area contributed by atoms with Crippen LogP contribution in [0.3, 0.4) is 0 Å². The van der Waals surface area contributed by atoms with E-state index in [1.165, 1.54) is 12.3 Å². The van der Waals surface area contributed by atoms with E-state index in [0.717, 1.165) is 10.1 Å². The van der Waals surface area contributed by atoms with Crippen molar-refractivity contribution in [2.24, 2.45) is 0 Å². The van der Waals surface area contributed by atoms with Crippen LogP contribution in [0.5, 0.6) is 5.75 Å². The number of aromatic nitrogens is 3. The van der Waals surface area contributed by atoms with Crippen molar-refractivity contribution in [2.75, 3.05) is 6.61 Å². The van der Waals surface area contributed by atoms with Gasteiger partial charge in [-0.25, -0.2) is 9.97 Å². The van der Waals surface area contributed by atoms with Crippen LogP contribution < -0.4 is 4.74 Å². The highest BCUT2D eigenvalue weighted by molar-refractivity contribution is 6.31. The van der Waals surface area contributed by atoms with E-state index in [9.17, 15) is 13.2 Å². The molecular formula is C16H13ClF3N3O. The Morgan fingerprint density at radius 1 is 1.21 bits per heavy atom. The van der Waals surface area contributed by atoms with Crippen LogP contribution in [-0.4, -0.2) is 21.1 Å². The van der Waals surface area contributed by atoms with Gasteiger partial charge in [-0.05, 0) is 25.1 Å².